The van der Waals surface area contributed by atoms with Gasteiger partial charge in [0.15, 0.2) is 0 Å². The highest BCUT2D eigenvalue weighted by Gasteiger charge is 2.20. The van der Waals surface area contributed by atoms with Gasteiger partial charge in [-0.25, -0.2) is 9.59 Å². The van der Waals surface area contributed by atoms with Crippen molar-refractivity contribution in [3.05, 3.63) is 72.8 Å². The zero-order chi connectivity index (χ0) is 16.9. The molecule has 3 rings (SSSR count). The second-order valence-electron chi connectivity index (χ2n) is 4.94. The normalized spacial score (nSPS) is 10.2. The van der Waals surface area contributed by atoms with Crippen LogP contribution in [0.1, 0.15) is 0 Å². The van der Waals surface area contributed by atoms with Crippen LogP contribution in [0, 0.1) is 0 Å². The first-order valence-electron chi connectivity index (χ1n) is 7.20. The highest BCUT2D eigenvalue weighted by molar-refractivity contribution is 6.00. The Morgan fingerprint density at radius 3 is 2.29 bits per heavy atom. The number of para-hydroxylation sites is 1. The maximum Gasteiger partial charge on any atom is 0.445 e. The van der Waals surface area contributed by atoms with Gasteiger partial charge in [-0.3, -0.25) is 5.32 Å². The molecule has 2 N–H and O–H groups in total. The Morgan fingerprint density at radius 2 is 1.54 bits per heavy atom. The van der Waals surface area contributed by atoms with Crippen molar-refractivity contribution in [3.63, 3.8) is 0 Å². The van der Waals surface area contributed by atoms with Crippen molar-refractivity contribution in [1.82, 2.24) is 0 Å². The van der Waals surface area contributed by atoms with Crippen LogP contribution in [0.4, 0.5) is 21.0 Å². The number of hydrogen-bond donors (Lipinski definition) is 2. The lowest BCUT2D eigenvalue weighted by Gasteiger charge is -2.18. The van der Waals surface area contributed by atoms with Gasteiger partial charge in [-0.05, 0) is 23.6 Å². The number of carbonyl (C=O) groups excluding carboxylic acids is 1. The van der Waals surface area contributed by atoms with E-state index in [0.29, 0.717) is 10.8 Å². The smallest absolute Gasteiger partial charge is 0.445 e. The van der Waals surface area contributed by atoms with Crippen LogP contribution >= 0.6 is 0 Å². The minimum absolute atomic E-state index is 0.234. The molecule has 0 radical (unpaired) electrons. The molecule has 6 nitrogen and oxygen atoms in total. The Kier molecular flexibility index (Phi) is 4.29. The summed E-state index contributed by atoms with van der Waals surface area (Å²) in [5.41, 5.74) is 0.773. The number of nitrogens with one attached hydrogen (secondary N) is 1. The van der Waals surface area contributed by atoms with Gasteiger partial charge in [0, 0.05) is 5.39 Å². The first-order valence-corrected chi connectivity index (χ1v) is 7.20. The van der Waals surface area contributed by atoms with E-state index in [0.717, 1.165) is 10.8 Å². The molecule has 0 saturated carbocycles. The molecule has 3 aromatic rings. The summed E-state index contributed by atoms with van der Waals surface area (Å²) in [6.45, 7) is 0. The van der Waals surface area contributed by atoms with Gasteiger partial charge in [0.2, 0.25) is 0 Å². The Hall–Kier alpha value is -3.54. The lowest BCUT2D eigenvalue weighted by atomic mass is 10.1. The first kappa shape index (κ1) is 15.4. The Labute approximate surface area is 137 Å². The molecule has 0 aliphatic carbocycles. The van der Waals surface area contributed by atoms with Gasteiger partial charge in [-0.15, -0.1) is 5.06 Å². The lowest BCUT2D eigenvalue weighted by molar-refractivity contribution is 0.127. The molecule has 0 unspecified atom stereocenters. The molecule has 0 heterocycles. The van der Waals surface area contributed by atoms with Crippen molar-refractivity contribution < 1.29 is 19.5 Å². The van der Waals surface area contributed by atoms with E-state index >= 15 is 0 Å². The van der Waals surface area contributed by atoms with Gasteiger partial charge in [0.05, 0.1) is 11.4 Å². The molecule has 0 saturated heterocycles. The van der Waals surface area contributed by atoms with Crippen LogP contribution in [0.15, 0.2) is 72.8 Å². The van der Waals surface area contributed by atoms with E-state index in [1.54, 1.807) is 30.3 Å². The second-order valence-corrected chi connectivity index (χ2v) is 4.94. The zero-order valence-corrected chi connectivity index (χ0v) is 12.5. The molecule has 0 aliphatic rings. The number of hydrogen-bond acceptors (Lipinski definition) is 3. The molecule has 24 heavy (non-hydrogen) atoms. The van der Waals surface area contributed by atoms with E-state index in [1.165, 1.54) is 12.1 Å². The van der Waals surface area contributed by atoms with Crippen molar-refractivity contribution in [2.75, 3.05) is 10.4 Å². The molecular weight excluding hydrogens is 308 g/mol. The summed E-state index contributed by atoms with van der Waals surface area (Å²) in [4.78, 5) is 28.4. The predicted molar refractivity (Wildman–Crippen MR) is 91.0 cm³/mol. The Bertz CT molecular complexity index is 875. The van der Waals surface area contributed by atoms with Crippen molar-refractivity contribution in [2.45, 2.75) is 0 Å². The molecule has 6 heteroatoms. The summed E-state index contributed by atoms with van der Waals surface area (Å²) in [6.07, 6.45) is -2.29. The number of fused-ring (bicyclic) bond motifs is 1. The highest BCUT2D eigenvalue weighted by atomic mass is 16.7. The minimum atomic E-state index is -1.39. The fourth-order valence-electron chi connectivity index (χ4n) is 2.32. The second kappa shape index (κ2) is 6.70. The monoisotopic (exact) mass is 322 g/mol. The van der Waals surface area contributed by atoms with Gasteiger partial charge >= 0.3 is 12.2 Å². The molecule has 0 atom stereocenters. The average molecular weight is 322 g/mol. The van der Waals surface area contributed by atoms with E-state index in [-0.39, 0.29) is 5.69 Å². The topological polar surface area (TPSA) is 78.9 Å². The Morgan fingerprint density at radius 1 is 0.875 bits per heavy atom. The van der Waals surface area contributed by atoms with Crippen LogP contribution < -0.4 is 10.4 Å². The maximum absolute atomic E-state index is 12.1. The van der Waals surface area contributed by atoms with E-state index in [2.05, 4.69) is 5.32 Å². The number of carboxylic acid groups (broad SMARTS) is 1. The van der Waals surface area contributed by atoms with Crippen LogP contribution in [0.2, 0.25) is 0 Å². The summed E-state index contributed by atoms with van der Waals surface area (Å²) in [7, 11) is 0. The van der Waals surface area contributed by atoms with Gasteiger partial charge in [0.1, 0.15) is 0 Å². The maximum atomic E-state index is 12.1. The third-order valence-corrected chi connectivity index (χ3v) is 3.37. The number of amides is 2. The van der Waals surface area contributed by atoms with Gasteiger partial charge < -0.3 is 9.94 Å². The molecule has 0 aliphatic heterocycles. The SMILES string of the molecule is O=C(Nc1cccc2ccccc12)ON(C(=O)O)c1ccccc1. The summed E-state index contributed by atoms with van der Waals surface area (Å²) in [5, 5.41) is 14.1. The van der Waals surface area contributed by atoms with Crippen LogP contribution in [-0.2, 0) is 4.84 Å². The van der Waals surface area contributed by atoms with E-state index in [9.17, 15) is 14.7 Å². The number of anilines is 2. The quantitative estimate of drug-likeness (QED) is 0.681. The summed E-state index contributed by atoms with van der Waals surface area (Å²) >= 11 is 0. The number of carbonyl (C=O) groups is 2. The van der Waals surface area contributed by atoms with Crippen LogP contribution in [-0.4, -0.2) is 17.3 Å². The number of nitrogens with zero attached hydrogens (tertiary/aromatic N) is 1. The average Bonchev–Trinajstić information content (AvgIpc) is 2.60. The van der Waals surface area contributed by atoms with Crippen molar-refractivity contribution in [1.29, 1.82) is 0 Å². The summed E-state index contributed by atoms with van der Waals surface area (Å²) in [6, 6.07) is 21.0. The molecule has 120 valence electrons. The molecular formula is C18H14N2O4. The molecule has 0 fully saturated rings. The van der Waals surface area contributed by atoms with Gasteiger partial charge in [-0.2, -0.15) is 0 Å². The van der Waals surface area contributed by atoms with Crippen molar-refractivity contribution in [3.8, 4) is 0 Å². The van der Waals surface area contributed by atoms with E-state index in [4.69, 9.17) is 4.84 Å². The predicted octanol–water partition coefficient (Wildman–Crippen LogP) is 4.49. The van der Waals surface area contributed by atoms with E-state index in [1.807, 2.05) is 30.3 Å². The van der Waals surface area contributed by atoms with Crippen molar-refractivity contribution >= 4 is 34.3 Å². The largest absolute Gasteiger partial charge is 0.463 e. The number of hydroxylamine groups is 1. The van der Waals surface area contributed by atoms with Crippen LogP contribution in [0.3, 0.4) is 0 Å². The fraction of sp³-hybridized carbons (Fsp3) is 0. The van der Waals surface area contributed by atoms with Crippen LogP contribution in [0.25, 0.3) is 10.8 Å². The number of rotatable bonds is 2. The van der Waals surface area contributed by atoms with Gasteiger partial charge in [0.25, 0.3) is 0 Å². The van der Waals surface area contributed by atoms with Gasteiger partial charge in [-0.1, -0.05) is 54.6 Å². The third-order valence-electron chi connectivity index (χ3n) is 3.37. The fourth-order valence-corrected chi connectivity index (χ4v) is 2.32. The standard InChI is InChI=1S/C18H14N2O4/c21-17(24-20(18(22)23)14-9-2-1-3-10-14)19-16-12-6-8-13-7-4-5-11-15(13)16/h1-12H,(H,19,21)(H,22,23). The van der Waals surface area contributed by atoms with E-state index < -0.39 is 12.2 Å². The molecule has 0 bridgehead atoms. The lowest BCUT2D eigenvalue weighted by Crippen LogP contribution is -2.34. The van der Waals surface area contributed by atoms with Crippen molar-refractivity contribution in [2.24, 2.45) is 0 Å². The first-order chi connectivity index (χ1) is 11.6. The van der Waals surface area contributed by atoms with Crippen LogP contribution in [0.5, 0.6) is 0 Å². The molecule has 3 aromatic carbocycles. The summed E-state index contributed by atoms with van der Waals surface area (Å²) < 4.78 is 0. The number of benzene rings is 3. The zero-order valence-electron chi connectivity index (χ0n) is 12.5. The molecule has 2 amide bonds. The third kappa shape index (κ3) is 3.27. The molecule has 0 aromatic heterocycles. The minimum Gasteiger partial charge on any atom is -0.463 e. The summed E-state index contributed by atoms with van der Waals surface area (Å²) in [5.74, 6) is 0. The Balaban J connectivity index is 1.80. The highest BCUT2D eigenvalue weighted by Crippen LogP contribution is 2.23. The molecule has 0 spiro atoms.